The summed E-state index contributed by atoms with van der Waals surface area (Å²) in [4.78, 5) is 10.1. The van der Waals surface area contributed by atoms with E-state index in [9.17, 15) is 10.1 Å². The van der Waals surface area contributed by atoms with Crippen molar-refractivity contribution < 1.29 is 9.66 Å². The molecule has 0 unspecified atom stereocenters. The summed E-state index contributed by atoms with van der Waals surface area (Å²) < 4.78 is 5.70. The third kappa shape index (κ3) is 3.27. The topological polar surface area (TPSA) is 78.4 Å². The summed E-state index contributed by atoms with van der Waals surface area (Å²) in [7, 11) is 0. The SMILES string of the molecule is NCC1CC(OCCc2ccc([N+](=O)[O-])cc2)C1. The van der Waals surface area contributed by atoms with Crippen molar-refractivity contribution in [3.8, 4) is 0 Å². The van der Waals surface area contributed by atoms with Crippen LogP contribution in [0.3, 0.4) is 0 Å². The highest BCUT2D eigenvalue weighted by Crippen LogP contribution is 2.28. The second-order valence-electron chi connectivity index (χ2n) is 4.74. The molecule has 0 atom stereocenters. The van der Waals surface area contributed by atoms with Gasteiger partial charge in [0.25, 0.3) is 5.69 Å². The Morgan fingerprint density at radius 2 is 2.00 bits per heavy atom. The minimum absolute atomic E-state index is 0.129. The first-order valence-corrected chi connectivity index (χ1v) is 6.24. The lowest BCUT2D eigenvalue weighted by molar-refractivity contribution is -0.384. The Morgan fingerprint density at radius 3 is 2.56 bits per heavy atom. The van der Waals surface area contributed by atoms with Gasteiger partial charge in [-0.25, -0.2) is 0 Å². The van der Waals surface area contributed by atoms with Crippen LogP contribution in [0.1, 0.15) is 18.4 Å². The average Bonchev–Trinajstić information content (AvgIpc) is 2.32. The van der Waals surface area contributed by atoms with Crippen molar-refractivity contribution in [3.05, 3.63) is 39.9 Å². The van der Waals surface area contributed by atoms with Crippen molar-refractivity contribution in [3.63, 3.8) is 0 Å². The van der Waals surface area contributed by atoms with Gasteiger partial charge in [0.2, 0.25) is 0 Å². The van der Waals surface area contributed by atoms with Crippen LogP contribution in [0.15, 0.2) is 24.3 Å². The first-order valence-electron chi connectivity index (χ1n) is 6.24. The zero-order valence-electron chi connectivity index (χ0n) is 10.2. The van der Waals surface area contributed by atoms with E-state index >= 15 is 0 Å². The summed E-state index contributed by atoms with van der Waals surface area (Å²) in [5.74, 6) is 0.634. The molecule has 1 aliphatic carbocycles. The van der Waals surface area contributed by atoms with Gasteiger partial charge in [0.15, 0.2) is 0 Å². The van der Waals surface area contributed by atoms with Crippen LogP contribution in [-0.2, 0) is 11.2 Å². The zero-order valence-corrected chi connectivity index (χ0v) is 10.2. The number of nitro groups is 1. The highest BCUT2D eigenvalue weighted by Gasteiger charge is 2.28. The predicted octanol–water partition coefficient (Wildman–Crippen LogP) is 1.89. The number of hydrogen-bond acceptors (Lipinski definition) is 4. The first kappa shape index (κ1) is 13.0. The third-order valence-corrected chi connectivity index (χ3v) is 3.42. The Balaban J connectivity index is 1.69. The quantitative estimate of drug-likeness (QED) is 0.617. The third-order valence-electron chi connectivity index (χ3n) is 3.42. The van der Waals surface area contributed by atoms with Crippen LogP contribution in [-0.4, -0.2) is 24.2 Å². The Hall–Kier alpha value is -1.46. The highest BCUT2D eigenvalue weighted by atomic mass is 16.6. The van der Waals surface area contributed by atoms with Gasteiger partial charge in [-0.05, 0) is 37.3 Å². The Kier molecular flexibility index (Phi) is 4.28. The van der Waals surface area contributed by atoms with Crippen LogP contribution < -0.4 is 5.73 Å². The lowest BCUT2D eigenvalue weighted by atomic mass is 9.82. The van der Waals surface area contributed by atoms with Gasteiger partial charge in [-0.3, -0.25) is 10.1 Å². The van der Waals surface area contributed by atoms with Gasteiger partial charge in [-0.1, -0.05) is 12.1 Å². The number of hydrogen-bond donors (Lipinski definition) is 1. The Labute approximate surface area is 106 Å². The molecule has 0 radical (unpaired) electrons. The molecule has 1 aromatic carbocycles. The average molecular weight is 250 g/mol. The first-order chi connectivity index (χ1) is 8.69. The van der Waals surface area contributed by atoms with E-state index in [0.717, 1.165) is 31.4 Å². The molecule has 98 valence electrons. The van der Waals surface area contributed by atoms with Crippen molar-refractivity contribution in [2.45, 2.75) is 25.4 Å². The van der Waals surface area contributed by atoms with Gasteiger partial charge in [0, 0.05) is 12.1 Å². The molecule has 1 aliphatic rings. The monoisotopic (exact) mass is 250 g/mol. The summed E-state index contributed by atoms with van der Waals surface area (Å²) in [6.45, 7) is 1.42. The maximum absolute atomic E-state index is 10.5. The molecule has 0 aliphatic heterocycles. The van der Waals surface area contributed by atoms with Crippen molar-refractivity contribution in [1.82, 2.24) is 0 Å². The van der Waals surface area contributed by atoms with Gasteiger partial charge in [-0.2, -0.15) is 0 Å². The molecule has 2 rings (SSSR count). The number of nitro benzene ring substituents is 1. The van der Waals surface area contributed by atoms with Crippen LogP contribution in [0.5, 0.6) is 0 Å². The van der Waals surface area contributed by atoms with Gasteiger partial charge in [-0.15, -0.1) is 0 Å². The van der Waals surface area contributed by atoms with Crippen LogP contribution in [0, 0.1) is 16.0 Å². The molecule has 0 aromatic heterocycles. The minimum atomic E-state index is -0.387. The number of ether oxygens (including phenoxy) is 1. The van der Waals surface area contributed by atoms with E-state index in [2.05, 4.69) is 0 Å². The number of nitrogens with zero attached hydrogens (tertiary/aromatic N) is 1. The van der Waals surface area contributed by atoms with E-state index in [1.807, 2.05) is 0 Å². The maximum Gasteiger partial charge on any atom is 0.269 e. The molecule has 0 saturated heterocycles. The maximum atomic E-state index is 10.5. The molecule has 1 fully saturated rings. The minimum Gasteiger partial charge on any atom is -0.378 e. The summed E-state index contributed by atoms with van der Waals surface area (Å²) >= 11 is 0. The zero-order chi connectivity index (χ0) is 13.0. The highest BCUT2D eigenvalue weighted by molar-refractivity contribution is 5.32. The molecule has 2 N–H and O–H groups in total. The summed E-state index contributed by atoms with van der Waals surface area (Å²) in [6.07, 6.45) is 3.28. The Bertz CT molecular complexity index is 399. The molecule has 18 heavy (non-hydrogen) atoms. The molecule has 5 nitrogen and oxygen atoms in total. The largest absolute Gasteiger partial charge is 0.378 e. The number of rotatable bonds is 6. The van der Waals surface area contributed by atoms with E-state index in [-0.39, 0.29) is 10.6 Å². The fraction of sp³-hybridized carbons (Fsp3) is 0.538. The summed E-state index contributed by atoms with van der Waals surface area (Å²) in [6, 6.07) is 6.63. The van der Waals surface area contributed by atoms with Gasteiger partial charge >= 0.3 is 0 Å². The smallest absolute Gasteiger partial charge is 0.269 e. The summed E-state index contributed by atoms with van der Waals surface area (Å²) in [5, 5.41) is 10.5. The molecular weight excluding hydrogens is 232 g/mol. The molecule has 1 saturated carbocycles. The Morgan fingerprint density at radius 1 is 1.33 bits per heavy atom. The fourth-order valence-corrected chi connectivity index (χ4v) is 2.13. The standard InChI is InChI=1S/C13H18N2O3/c14-9-11-7-13(8-11)18-6-5-10-1-3-12(4-2-10)15(16)17/h1-4,11,13H,5-9,14H2. The second-order valence-corrected chi connectivity index (χ2v) is 4.74. The lowest BCUT2D eigenvalue weighted by Gasteiger charge is -2.34. The van der Waals surface area contributed by atoms with Gasteiger partial charge in [0.05, 0.1) is 17.6 Å². The predicted molar refractivity (Wildman–Crippen MR) is 68.3 cm³/mol. The summed E-state index contributed by atoms with van der Waals surface area (Å²) in [5.41, 5.74) is 6.74. The molecular formula is C13H18N2O3. The van der Waals surface area contributed by atoms with Crippen LogP contribution in [0.2, 0.25) is 0 Å². The second kappa shape index (κ2) is 5.93. The number of nitrogens with two attached hydrogens (primary N) is 1. The van der Waals surface area contributed by atoms with E-state index in [0.29, 0.717) is 18.6 Å². The molecule has 1 aromatic rings. The number of non-ortho nitro benzene ring substituents is 1. The van der Waals surface area contributed by atoms with Crippen LogP contribution in [0.4, 0.5) is 5.69 Å². The van der Waals surface area contributed by atoms with Crippen molar-refractivity contribution >= 4 is 5.69 Å². The van der Waals surface area contributed by atoms with E-state index < -0.39 is 0 Å². The van der Waals surface area contributed by atoms with E-state index in [1.54, 1.807) is 12.1 Å². The normalized spacial score (nSPS) is 22.5. The lowest BCUT2D eigenvalue weighted by Crippen LogP contribution is -2.36. The van der Waals surface area contributed by atoms with E-state index in [4.69, 9.17) is 10.5 Å². The van der Waals surface area contributed by atoms with Crippen molar-refractivity contribution in [1.29, 1.82) is 0 Å². The van der Waals surface area contributed by atoms with Gasteiger partial charge in [0.1, 0.15) is 0 Å². The fourth-order valence-electron chi connectivity index (χ4n) is 2.13. The van der Waals surface area contributed by atoms with Crippen LogP contribution >= 0.6 is 0 Å². The number of benzene rings is 1. The molecule has 0 spiro atoms. The molecule has 0 heterocycles. The molecule has 5 heteroatoms. The van der Waals surface area contributed by atoms with Crippen molar-refractivity contribution in [2.75, 3.05) is 13.2 Å². The molecule has 0 amide bonds. The van der Waals surface area contributed by atoms with Crippen molar-refractivity contribution in [2.24, 2.45) is 11.7 Å². The van der Waals surface area contributed by atoms with E-state index in [1.165, 1.54) is 12.1 Å². The molecule has 0 bridgehead atoms. The van der Waals surface area contributed by atoms with Gasteiger partial charge < -0.3 is 10.5 Å². The van der Waals surface area contributed by atoms with Crippen LogP contribution in [0.25, 0.3) is 0 Å².